The molecule has 0 unspecified atom stereocenters. The molecule has 0 N–H and O–H groups in total. The SMILES string of the molecule is Fc1ccc(C(=C2CCN(CCCN3CCN(c4ccc5ccccc5n4)CC3)CC2)c2ccc(F)cc2)cc1. The summed E-state index contributed by atoms with van der Waals surface area (Å²) in [6.07, 6.45) is 3.11. The lowest BCUT2D eigenvalue weighted by Crippen LogP contribution is -2.47. The monoisotopic (exact) mass is 538 g/mol. The minimum atomic E-state index is -0.242. The highest BCUT2D eigenvalue weighted by Crippen LogP contribution is 2.32. The number of hydrogen-bond donors (Lipinski definition) is 0. The molecule has 0 bridgehead atoms. The van der Waals surface area contributed by atoms with Gasteiger partial charge in [0.15, 0.2) is 0 Å². The molecule has 2 aliphatic rings. The van der Waals surface area contributed by atoms with Crippen molar-refractivity contribution in [3.63, 3.8) is 0 Å². The van der Waals surface area contributed by atoms with Crippen LogP contribution >= 0.6 is 0 Å². The molecule has 2 aliphatic heterocycles. The Morgan fingerprint density at radius 1 is 0.625 bits per heavy atom. The van der Waals surface area contributed by atoms with Crippen molar-refractivity contribution in [3.05, 3.63) is 113 Å². The fraction of sp³-hybridized carbons (Fsp3) is 0.324. The molecular weight excluding hydrogens is 502 g/mol. The summed E-state index contributed by atoms with van der Waals surface area (Å²) >= 11 is 0. The maximum absolute atomic E-state index is 13.6. The number of fused-ring (bicyclic) bond motifs is 1. The van der Waals surface area contributed by atoms with Crippen LogP contribution in [-0.4, -0.2) is 67.1 Å². The minimum absolute atomic E-state index is 0.242. The van der Waals surface area contributed by atoms with Crippen molar-refractivity contribution >= 4 is 22.3 Å². The first kappa shape index (κ1) is 26.6. The number of para-hydroxylation sites is 1. The molecule has 0 saturated carbocycles. The summed E-state index contributed by atoms with van der Waals surface area (Å²) in [5, 5.41) is 1.19. The van der Waals surface area contributed by atoms with Crippen molar-refractivity contribution < 1.29 is 8.78 Å². The van der Waals surface area contributed by atoms with E-state index in [-0.39, 0.29) is 11.6 Å². The molecule has 2 fully saturated rings. The maximum Gasteiger partial charge on any atom is 0.129 e. The smallest absolute Gasteiger partial charge is 0.129 e. The third-order valence-corrected chi connectivity index (χ3v) is 8.31. The van der Waals surface area contributed by atoms with E-state index in [4.69, 9.17) is 4.98 Å². The standard InChI is InChI=1S/C34H36F2N4/c35-30-11-6-27(7-12-30)34(28-8-13-31(36)14-9-28)29-16-20-38(21-17-29)18-3-19-39-22-24-40(25-23-39)33-15-10-26-4-1-2-5-32(26)37-33/h1-2,4-15H,3,16-25H2. The molecule has 4 aromatic rings. The van der Waals surface area contributed by atoms with E-state index >= 15 is 0 Å². The average Bonchev–Trinajstić information content (AvgIpc) is 3.00. The molecule has 3 aromatic carbocycles. The number of hydrogen-bond acceptors (Lipinski definition) is 4. The van der Waals surface area contributed by atoms with Crippen LogP contribution in [0, 0.1) is 11.6 Å². The number of benzene rings is 3. The molecular formula is C34H36F2N4. The van der Waals surface area contributed by atoms with Crippen molar-refractivity contribution in [2.45, 2.75) is 19.3 Å². The number of anilines is 1. The summed E-state index contributed by atoms with van der Waals surface area (Å²) in [7, 11) is 0. The van der Waals surface area contributed by atoms with Gasteiger partial charge in [0, 0.05) is 44.7 Å². The van der Waals surface area contributed by atoms with Gasteiger partial charge >= 0.3 is 0 Å². The second-order valence-electron chi connectivity index (χ2n) is 10.9. The Morgan fingerprint density at radius 2 is 1.20 bits per heavy atom. The zero-order chi connectivity index (χ0) is 27.3. The maximum atomic E-state index is 13.6. The summed E-state index contributed by atoms with van der Waals surface area (Å²) in [5.41, 5.74) is 5.54. The number of piperidine rings is 1. The van der Waals surface area contributed by atoms with Crippen LogP contribution < -0.4 is 4.90 Å². The Bertz CT molecular complexity index is 1400. The highest BCUT2D eigenvalue weighted by atomic mass is 19.1. The Labute approximate surface area is 235 Å². The van der Waals surface area contributed by atoms with Gasteiger partial charge in [-0.2, -0.15) is 0 Å². The lowest BCUT2D eigenvalue weighted by atomic mass is 9.88. The lowest BCUT2D eigenvalue weighted by Gasteiger charge is -2.36. The minimum Gasteiger partial charge on any atom is -0.354 e. The highest BCUT2D eigenvalue weighted by Gasteiger charge is 2.21. The molecule has 40 heavy (non-hydrogen) atoms. The number of rotatable bonds is 7. The van der Waals surface area contributed by atoms with Gasteiger partial charge in [0.2, 0.25) is 0 Å². The zero-order valence-corrected chi connectivity index (χ0v) is 22.9. The van der Waals surface area contributed by atoms with Crippen LogP contribution in [0.25, 0.3) is 16.5 Å². The van der Waals surface area contributed by atoms with Crippen molar-refractivity contribution in [2.24, 2.45) is 0 Å². The van der Waals surface area contributed by atoms with Crippen molar-refractivity contribution in [2.75, 3.05) is 57.3 Å². The fourth-order valence-electron chi connectivity index (χ4n) is 6.05. The van der Waals surface area contributed by atoms with Gasteiger partial charge in [-0.1, -0.05) is 48.0 Å². The van der Waals surface area contributed by atoms with Crippen LogP contribution in [0.4, 0.5) is 14.6 Å². The molecule has 1 aromatic heterocycles. The van der Waals surface area contributed by atoms with E-state index in [0.29, 0.717) is 0 Å². The Kier molecular flexibility index (Phi) is 8.17. The van der Waals surface area contributed by atoms with Gasteiger partial charge in [0.05, 0.1) is 5.52 Å². The molecule has 6 rings (SSSR count). The van der Waals surface area contributed by atoms with Gasteiger partial charge in [0.1, 0.15) is 17.5 Å². The van der Waals surface area contributed by atoms with E-state index in [0.717, 1.165) is 99.7 Å². The van der Waals surface area contributed by atoms with Gasteiger partial charge in [0.25, 0.3) is 0 Å². The quantitative estimate of drug-likeness (QED) is 0.264. The largest absolute Gasteiger partial charge is 0.354 e. The van der Waals surface area contributed by atoms with E-state index in [1.165, 1.54) is 35.2 Å². The molecule has 0 aliphatic carbocycles. The van der Waals surface area contributed by atoms with Crippen LogP contribution in [0.5, 0.6) is 0 Å². The highest BCUT2D eigenvalue weighted by molar-refractivity contribution is 5.82. The third-order valence-electron chi connectivity index (χ3n) is 8.31. The molecule has 3 heterocycles. The van der Waals surface area contributed by atoms with Gasteiger partial charge < -0.3 is 9.80 Å². The summed E-state index contributed by atoms with van der Waals surface area (Å²) in [5.74, 6) is 0.596. The van der Waals surface area contributed by atoms with E-state index in [9.17, 15) is 8.78 Å². The van der Waals surface area contributed by atoms with E-state index in [2.05, 4.69) is 45.0 Å². The Morgan fingerprint density at radius 3 is 1.82 bits per heavy atom. The van der Waals surface area contributed by atoms with Crippen molar-refractivity contribution in [1.29, 1.82) is 0 Å². The van der Waals surface area contributed by atoms with E-state index in [1.807, 2.05) is 30.3 Å². The predicted octanol–water partition coefficient (Wildman–Crippen LogP) is 6.62. The number of halogens is 2. The predicted molar refractivity (Wildman–Crippen MR) is 160 cm³/mol. The molecule has 2 saturated heterocycles. The van der Waals surface area contributed by atoms with Gasteiger partial charge in [-0.15, -0.1) is 0 Å². The Balaban J connectivity index is 1.00. The van der Waals surface area contributed by atoms with Crippen LogP contribution in [0.3, 0.4) is 0 Å². The molecule has 0 spiro atoms. The first-order valence-electron chi connectivity index (χ1n) is 14.4. The summed E-state index contributed by atoms with van der Waals surface area (Å²) in [4.78, 5) is 12.4. The number of aromatic nitrogens is 1. The number of nitrogens with zero attached hydrogens (tertiary/aromatic N) is 4. The second-order valence-corrected chi connectivity index (χ2v) is 10.9. The molecule has 206 valence electrons. The molecule has 4 nitrogen and oxygen atoms in total. The average molecular weight is 539 g/mol. The normalized spacial score (nSPS) is 16.9. The van der Waals surface area contributed by atoms with Crippen molar-refractivity contribution in [3.8, 4) is 0 Å². The first-order valence-corrected chi connectivity index (χ1v) is 14.4. The number of likely N-dealkylation sites (tertiary alicyclic amines) is 1. The fourth-order valence-corrected chi connectivity index (χ4v) is 6.05. The van der Waals surface area contributed by atoms with Gasteiger partial charge in [-0.25, -0.2) is 13.8 Å². The molecule has 0 amide bonds. The van der Waals surface area contributed by atoms with Gasteiger partial charge in [-0.3, -0.25) is 4.90 Å². The second kappa shape index (κ2) is 12.3. The van der Waals surface area contributed by atoms with Crippen molar-refractivity contribution in [1.82, 2.24) is 14.8 Å². The molecule has 0 radical (unpaired) electrons. The van der Waals surface area contributed by atoms with Crippen LogP contribution in [0.15, 0.2) is 90.5 Å². The Hall–Kier alpha value is -3.61. The summed E-state index contributed by atoms with van der Waals surface area (Å²) < 4.78 is 27.2. The van der Waals surface area contributed by atoms with E-state index in [1.54, 1.807) is 0 Å². The first-order chi connectivity index (χ1) is 19.6. The summed E-state index contributed by atoms with van der Waals surface area (Å²) in [6.45, 7) is 8.42. The zero-order valence-electron chi connectivity index (χ0n) is 22.9. The van der Waals surface area contributed by atoms with Crippen LogP contribution in [0.2, 0.25) is 0 Å². The van der Waals surface area contributed by atoms with Crippen LogP contribution in [-0.2, 0) is 0 Å². The molecule has 0 atom stereocenters. The lowest BCUT2D eigenvalue weighted by molar-refractivity contribution is 0.212. The topological polar surface area (TPSA) is 22.6 Å². The van der Waals surface area contributed by atoms with Gasteiger partial charge in [-0.05, 0) is 91.5 Å². The number of pyridine rings is 1. The third kappa shape index (κ3) is 6.24. The number of piperazine rings is 1. The van der Waals surface area contributed by atoms with Crippen LogP contribution in [0.1, 0.15) is 30.4 Å². The van der Waals surface area contributed by atoms with E-state index < -0.39 is 0 Å². The summed E-state index contributed by atoms with van der Waals surface area (Å²) in [6, 6.07) is 26.0. The molecule has 6 heteroatoms.